The average Bonchev–Trinajstić information content (AvgIpc) is 2.68. The van der Waals surface area contributed by atoms with Crippen molar-refractivity contribution in [1.29, 1.82) is 0 Å². The van der Waals surface area contributed by atoms with E-state index in [9.17, 15) is 4.79 Å². The zero-order valence-corrected chi connectivity index (χ0v) is 13.5. The molecule has 0 saturated heterocycles. The molecule has 0 unspecified atom stereocenters. The molecule has 1 aliphatic rings. The van der Waals surface area contributed by atoms with Crippen molar-refractivity contribution in [2.75, 3.05) is 11.4 Å². The Labute approximate surface area is 142 Å². The molecular formula is C22H19NO. The average molecular weight is 313 g/mol. The van der Waals surface area contributed by atoms with Gasteiger partial charge in [-0.05, 0) is 29.7 Å². The Balaban J connectivity index is 1.69. The van der Waals surface area contributed by atoms with Crippen LogP contribution < -0.4 is 4.90 Å². The Kier molecular flexibility index (Phi) is 3.87. The van der Waals surface area contributed by atoms with E-state index in [2.05, 4.69) is 35.2 Å². The summed E-state index contributed by atoms with van der Waals surface area (Å²) in [5, 5.41) is 0. The summed E-state index contributed by atoms with van der Waals surface area (Å²) < 4.78 is 0. The van der Waals surface area contributed by atoms with Gasteiger partial charge in [0.1, 0.15) is 0 Å². The Morgan fingerprint density at radius 1 is 0.750 bits per heavy atom. The van der Waals surface area contributed by atoms with E-state index >= 15 is 0 Å². The molecular weight excluding hydrogens is 294 g/mol. The summed E-state index contributed by atoms with van der Waals surface area (Å²) in [6.07, 6.45) is 1.02. The van der Waals surface area contributed by atoms with Crippen LogP contribution in [-0.2, 0) is 13.0 Å². The van der Waals surface area contributed by atoms with Gasteiger partial charge in [0.15, 0.2) is 5.78 Å². The lowest BCUT2D eigenvalue weighted by molar-refractivity contribution is 0.103. The molecule has 0 aromatic heterocycles. The summed E-state index contributed by atoms with van der Waals surface area (Å²) in [6.45, 7) is 1.80. The molecule has 0 atom stereocenters. The van der Waals surface area contributed by atoms with E-state index < -0.39 is 0 Å². The smallest absolute Gasteiger partial charge is 0.195 e. The molecule has 0 fully saturated rings. The molecule has 24 heavy (non-hydrogen) atoms. The SMILES string of the molecule is O=C(c1ccccc1)c1ccccc1N1CCc2ccccc2C1. The normalized spacial score (nSPS) is 13.4. The maximum Gasteiger partial charge on any atom is 0.195 e. The first kappa shape index (κ1) is 14.7. The molecule has 118 valence electrons. The van der Waals surface area contributed by atoms with Gasteiger partial charge in [0, 0.05) is 29.9 Å². The third-order valence-corrected chi connectivity index (χ3v) is 4.66. The number of hydrogen-bond donors (Lipinski definition) is 0. The van der Waals surface area contributed by atoms with Gasteiger partial charge in [0.25, 0.3) is 0 Å². The van der Waals surface area contributed by atoms with E-state index in [4.69, 9.17) is 0 Å². The van der Waals surface area contributed by atoms with Crippen LogP contribution in [0.5, 0.6) is 0 Å². The number of rotatable bonds is 3. The third kappa shape index (κ3) is 2.71. The summed E-state index contributed by atoms with van der Waals surface area (Å²) in [5.74, 6) is 0.0880. The molecule has 1 aliphatic heterocycles. The maximum absolute atomic E-state index is 12.9. The standard InChI is InChI=1S/C22H19NO/c24-22(18-9-2-1-3-10-18)20-12-6-7-13-21(20)23-15-14-17-8-4-5-11-19(17)16-23/h1-13H,14-16H2. The molecule has 0 spiro atoms. The molecule has 3 aromatic carbocycles. The van der Waals surface area contributed by atoms with Crippen molar-refractivity contribution in [2.24, 2.45) is 0 Å². The van der Waals surface area contributed by atoms with Gasteiger partial charge in [0.2, 0.25) is 0 Å². The highest BCUT2D eigenvalue weighted by molar-refractivity contribution is 6.12. The number of ketones is 1. The molecule has 0 aliphatic carbocycles. The van der Waals surface area contributed by atoms with Crippen LogP contribution in [0.15, 0.2) is 78.9 Å². The van der Waals surface area contributed by atoms with Crippen LogP contribution in [0.4, 0.5) is 5.69 Å². The van der Waals surface area contributed by atoms with Crippen molar-refractivity contribution < 1.29 is 4.79 Å². The third-order valence-electron chi connectivity index (χ3n) is 4.66. The summed E-state index contributed by atoms with van der Waals surface area (Å²) in [4.78, 5) is 15.2. The highest BCUT2D eigenvalue weighted by Gasteiger charge is 2.21. The zero-order chi connectivity index (χ0) is 16.4. The number of para-hydroxylation sites is 1. The van der Waals surface area contributed by atoms with Gasteiger partial charge in [-0.25, -0.2) is 0 Å². The fraction of sp³-hybridized carbons (Fsp3) is 0.136. The first-order valence-corrected chi connectivity index (χ1v) is 8.33. The van der Waals surface area contributed by atoms with Crippen molar-refractivity contribution in [3.05, 3.63) is 101 Å². The molecule has 1 heterocycles. The van der Waals surface area contributed by atoms with Gasteiger partial charge >= 0.3 is 0 Å². The van der Waals surface area contributed by atoms with Crippen molar-refractivity contribution in [3.8, 4) is 0 Å². The lowest BCUT2D eigenvalue weighted by Gasteiger charge is -2.32. The van der Waals surface area contributed by atoms with E-state index in [1.165, 1.54) is 11.1 Å². The van der Waals surface area contributed by atoms with E-state index in [0.717, 1.165) is 36.3 Å². The van der Waals surface area contributed by atoms with Crippen LogP contribution in [-0.4, -0.2) is 12.3 Å². The monoisotopic (exact) mass is 313 g/mol. The fourth-order valence-electron chi connectivity index (χ4n) is 3.39. The molecule has 3 aromatic rings. The molecule has 0 bridgehead atoms. The van der Waals surface area contributed by atoms with Gasteiger partial charge in [0.05, 0.1) is 0 Å². The van der Waals surface area contributed by atoms with Crippen LogP contribution in [0, 0.1) is 0 Å². The van der Waals surface area contributed by atoms with Crippen LogP contribution >= 0.6 is 0 Å². The first-order valence-electron chi connectivity index (χ1n) is 8.33. The van der Waals surface area contributed by atoms with Gasteiger partial charge in [-0.3, -0.25) is 4.79 Å². The minimum Gasteiger partial charge on any atom is -0.366 e. The topological polar surface area (TPSA) is 20.3 Å². The summed E-state index contributed by atoms with van der Waals surface area (Å²) in [5.41, 5.74) is 5.32. The van der Waals surface area contributed by atoms with Gasteiger partial charge in [-0.2, -0.15) is 0 Å². The number of anilines is 1. The lowest BCUT2D eigenvalue weighted by Crippen LogP contribution is -2.31. The first-order chi connectivity index (χ1) is 11.8. The van der Waals surface area contributed by atoms with E-state index in [1.54, 1.807) is 0 Å². The minimum absolute atomic E-state index is 0.0880. The quantitative estimate of drug-likeness (QED) is 0.664. The van der Waals surface area contributed by atoms with Crippen molar-refractivity contribution >= 4 is 11.5 Å². The van der Waals surface area contributed by atoms with E-state index in [0.29, 0.717) is 0 Å². The molecule has 2 nitrogen and oxygen atoms in total. The summed E-state index contributed by atoms with van der Waals surface area (Å²) in [7, 11) is 0. The number of nitrogens with zero attached hydrogens (tertiary/aromatic N) is 1. The predicted molar refractivity (Wildman–Crippen MR) is 97.5 cm³/mol. The van der Waals surface area contributed by atoms with E-state index in [-0.39, 0.29) is 5.78 Å². The Morgan fingerprint density at radius 2 is 1.42 bits per heavy atom. The molecule has 0 amide bonds. The predicted octanol–water partition coefficient (Wildman–Crippen LogP) is 4.48. The second kappa shape index (κ2) is 6.32. The fourth-order valence-corrected chi connectivity index (χ4v) is 3.39. The van der Waals surface area contributed by atoms with Crippen LogP contribution in [0.1, 0.15) is 27.0 Å². The zero-order valence-electron chi connectivity index (χ0n) is 13.5. The molecule has 4 rings (SSSR count). The molecule has 0 radical (unpaired) electrons. The van der Waals surface area contributed by atoms with Crippen molar-refractivity contribution in [2.45, 2.75) is 13.0 Å². The number of carbonyl (C=O) groups is 1. The number of benzene rings is 3. The number of fused-ring (bicyclic) bond motifs is 1. The Hall–Kier alpha value is -2.87. The molecule has 2 heteroatoms. The van der Waals surface area contributed by atoms with Crippen LogP contribution in [0.3, 0.4) is 0 Å². The Bertz CT molecular complexity index is 870. The van der Waals surface area contributed by atoms with Crippen molar-refractivity contribution in [1.82, 2.24) is 0 Å². The number of carbonyl (C=O) groups excluding carboxylic acids is 1. The van der Waals surface area contributed by atoms with Crippen molar-refractivity contribution in [3.63, 3.8) is 0 Å². The largest absolute Gasteiger partial charge is 0.366 e. The Morgan fingerprint density at radius 3 is 2.25 bits per heavy atom. The summed E-state index contributed by atoms with van der Waals surface area (Å²) in [6, 6.07) is 26.0. The van der Waals surface area contributed by atoms with Crippen LogP contribution in [0.2, 0.25) is 0 Å². The van der Waals surface area contributed by atoms with Gasteiger partial charge < -0.3 is 4.90 Å². The molecule has 0 saturated carbocycles. The summed E-state index contributed by atoms with van der Waals surface area (Å²) >= 11 is 0. The highest BCUT2D eigenvalue weighted by Crippen LogP contribution is 2.28. The van der Waals surface area contributed by atoms with Crippen LogP contribution in [0.25, 0.3) is 0 Å². The highest BCUT2D eigenvalue weighted by atomic mass is 16.1. The lowest BCUT2D eigenvalue weighted by atomic mass is 9.96. The molecule has 0 N–H and O–H groups in total. The van der Waals surface area contributed by atoms with Gasteiger partial charge in [-0.15, -0.1) is 0 Å². The second-order valence-corrected chi connectivity index (χ2v) is 6.15. The van der Waals surface area contributed by atoms with Gasteiger partial charge in [-0.1, -0.05) is 66.7 Å². The second-order valence-electron chi connectivity index (χ2n) is 6.15. The minimum atomic E-state index is 0.0880. The maximum atomic E-state index is 12.9. The number of hydrogen-bond acceptors (Lipinski definition) is 2. The van der Waals surface area contributed by atoms with E-state index in [1.807, 2.05) is 48.5 Å².